The Hall–Kier alpha value is -0.350. The number of thiocarbonyl (C=S) groups is 1. The van der Waals surface area contributed by atoms with Crippen LogP contribution in [-0.2, 0) is 0 Å². The van der Waals surface area contributed by atoms with Crippen molar-refractivity contribution in [3.8, 4) is 0 Å². The summed E-state index contributed by atoms with van der Waals surface area (Å²) in [7, 11) is 4.15. The molecule has 0 heterocycles. The van der Waals surface area contributed by atoms with E-state index in [1.165, 1.54) is 0 Å². The predicted molar refractivity (Wildman–Crippen MR) is 62.1 cm³/mol. The molecule has 0 saturated carbocycles. The third kappa shape index (κ3) is 9.56. The van der Waals surface area contributed by atoms with Gasteiger partial charge in [-0.05, 0) is 45.7 Å². The molecule has 3 nitrogen and oxygen atoms in total. The van der Waals surface area contributed by atoms with Crippen molar-refractivity contribution in [2.24, 2.45) is 0 Å². The molecule has 0 unspecified atom stereocenters. The molecule has 0 saturated heterocycles. The fraction of sp³-hybridized carbons (Fsp3) is 0.889. The molecule has 0 aromatic rings. The third-order valence-electron chi connectivity index (χ3n) is 1.60. The highest BCUT2D eigenvalue weighted by Gasteiger charge is 1.93. The minimum atomic E-state index is 0.778. The van der Waals surface area contributed by atoms with Crippen molar-refractivity contribution < 1.29 is 0 Å². The fourth-order valence-corrected chi connectivity index (χ4v) is 1.10. The first-order valence-electron chi connectivity index (χ1n) is 4.83. The first-order chi connectivity index (χ1) is 6.16. The van der Waals surface area contributed by atoms with Crippen LogP contribution in [0.5, 0.6) is 0 Å². The Kier molecular flexibility index (Phi) is 8.04. The average Bonchev–Trinajstić information content (AvgIpc) is 2.08. The zero-order valence-electron chi connectivity index (χ0n) is 8.89. The lowest BCUT2D eigenvalue weighted by molar-refractivity contribution is 0.400. The molecule has 0 rings (SSSR count). The molecule has 0 radical (unpaired) electrons. The number of rotatable bonds is 6. The van der Waals surface area contributed by atoms with Crippen molar-refractivity contribution in [3.05, 3.63) is 0 Å². The Labute approximate surface area is 86.9 Å². The van der Waals surface area contributed by atoms with Gasteiger partial charge in [0.2, 0.25) is 0 Å². The van der Waals surface area contributed by atoms with Gasteiger partial charge in [0.1, 0.15) is 0 Å². The van der Waals surface area contributed by atoms with Crippen molar-refractivity contribution in [3.63, 3.8) is 0 Å². The number of nitrogens with zero attached hydrogens (tertiary/aromatic N) is 1. The molecule has 4 heteroatoms. The van der Waals surface area contributed by atoms with E-state index in [0.717, 1.165) is 37.6 Å². The van der Waals surface area contributed by atoms with E-state index >= 15 is 0 Å². The van der Waals surface area contributed by atoms with Crippen LogP contribution in [0.1, 0.15) is 19.8 Å². The van der Waals surface area contributed by atoms with Crippen LogP contribution in [0.3, 0.4) is 0 Å². The molecule has 0 amide bonds. The lowest BCUT2D eigenvalue weighted by Gasteiger charge is -2.11. The van der Waals surface area contributed by atoms with Crippen LogP contribution < -0.4 is 10.6 Å². The largest absolute Gasteiger partial charge is 0.363 e. The van der Waals surface area contributed by atoms with Gasteiger partial charge in [0.05, 0.1) is 0 Å². The highest BCUT2D eigenvalue weighted by atomic mass is 32.1. The number of hydrogen-bond donors (Lipinski definition) is 2. The maximum atomic E-state index is 5.06. The summed E-state index contributed by atoms with van der Waals surface area (Å²) in [5, 5.41) is 7.07. The van der Waals surface area contributed by atoms with Crippen LogP contribution in [0, 0.1) is 0 Å². The summed E-state index contributed by atoms with van der Waals surface area (Å²) in [6.45, 7) is 5.14. The van der Waals surface area contributed by atoms with Gasteiger partial charge in [0.25, 0.3) is 0 Å². The SMILES string of the molecule is CCCNC(=S)NCCCN(C)C. The van der Waals surface area contributed by atoms with Gasteiger partial charge in [-0.1, -0.05) is 6.92 Å². The molecule has 0 aromatic carbocycles. The van der Waals surface area contributed by atoms with Gasteiger partial charge >= 0.3 is 0 Å². The van der Waals surface area contributed by atoms with Crippen LogP contribution >= 0.6 is 12.2 Å². The maximum Gasteiger partial charge on any atom is 0.166 e. The quantitative estimate of drug-likeness (QED) is 0.493. The van der Waals surface area contributed by atoms with E-state index in [2.05, 4.69) is 36.6 Å². The number of nitrogens with one attached hydrogen (secondary N) is 2. The molecule has 0 aliphatic carbocycles. The minimum Gasteiger partial charge on any atom is -0.363 e. The summed E-state index contributed by atoms with van der Waals surface area (Å²) in [6, 6.07) is 0. The number of hydrogen-bond acceptors (Lipinski definition) is 2. The predicted octanol–water partition coefficient (Wildman–Crippen LogP) is 0.812. The Morgan fingerprint density at radius 1 is 1.23 bits per heavy atom. The summed E-state index contributed by atoms with van der Waals surface area (Å²) in [6.07, 6.45) is 2.24. The molecule has 0 atom stereocenters. The smallest absolute Gasteiger partial charge is 0.166 e. The van der Waals surface area contributed by atoms with Crippen LogP contribution in [0.4, 0.5) is 0 Å². The summed E-state index contributed by atoms with van der Waals surface area (Å²) in [5.74, 6) is 0. The Morgan fingerprint density at radius 3 is 2.38 bits per heavy atom. The fourth-order valence-electron chi connectivity index (χ4n) is 0.898. The van der Waals surface area contributed by atoms with Gasteiger partial charge in [0, 0.05) is 13.1 Å². The first-order valence-corrected chi connectivity index (χ1v) is 5.24. The molecular formula is C9H21N3S. The van der Waals surface area contributed by atoms with Gasteiger partial charge in [0.15, 0.2) is 5.11 Å². The third-order valence-corrected chi connectivity index (χ3v) is 1.89. The monoisotopic (exact) mass is 203 g/mol. The van der Waals surface area contributed by atoms with Crippen molar-refractivity contribution in [2.45, 2.75) is 19.8 Å². The lowest BCUT2D eigenvalue weighted by Crippen LogP contribution is -2.36. The van der Waals surface area contributed by atoms with Gasteiger partial charge in [-0.25, -0.2) is 0 Å². The molecule has 0 aliphatic rings. The van der Waals surface area contributed by atoms with Gasteiger partial charge in [-0.2, -0.15) is 0 Å². The van der Waals surface area contributed by atoms with Crippen LogP contribution in [0.15, 0.2) is 0 Å². The lowest BCUT2D eigenvalue weighted by atomic mass is 10.4. The van der Waals surface area contributed by atoms with E-state index in [0.29, 0.717) is 0 Å². The zero-order valence-corrected chi connectivity index (χ0v) is 9.71. The van der Waals surface area contributed by atoms with Crippen molar-refractivity contribution in [2.75, 3.05) is 33.7 Å². The minimum absolute atomic E-state index is 0.778. The normalized spacial score (nSPS) is 10.2. The topological polar surface area (TPSA) is 27.3 Å². The summed E-state index contributed by atoms with van der Waals surface area (Å²) >= 11 is 5.06. The van der Waals surface area contributed by atoms with E-state index in [1.54, 1.807) is 0 Å². The molecule has 0 aliphatic heterocycles. The Morgan fingerprint density at radius 2 is 1.85 bits per heavy atom. The van der Waals surface area contributed by atoms with Gasteiger partial charge in [-0.15, -0.1) is 0 Å². The van der Waals surface area contributed by atoms with Crippen molar-refractivity contribution in [1.82, 2.24) is 15.5 Å². The second-order valence-corrected chi connectivity index (χ2v) is 3.75. The summed E-state index contributed by atoms with van der Waals surface area (Å²) < 4.78 is 0. The molecule has 0 fully saturated rings. The summed E-state index contributed by atoms with van der Waals surface area (Å²) in [4.78, 5) is 2.17. The van der Waals surface area contributed by atoms with Crippen LogP contribution in [0.25, 0.3) is 0 Å². The van der Waals surface area contributed by atoms with E-state index in [-0.39, 0.29) is 0 Å². The highest BCUT2D eigenvalue weighted by Crippen LogP contribution is 1.81. The standard InChI is InChI=1S/C9H21N3S/c1-4-6-10-9(13)11-7-5-8-12(2)3/h4-8H2,1-3H3,(H2,10,11,13). The average molecular weight is 203 g/mol. The van der Waals surface area contributed by atoms with Crippen LogP contribution in [-0.4, -0.2) is 43.7 Å². The highest BCUT2D eigenvalue weighted by molar-refractivity contribution is 7.80. The Bertz CT molecular complexity index is 137. The molecular weight excluding hydrogens is 182 g/mol. The van der Waals surface area contributed by atoms with Crippen LogP contribution in [0.2, 0.25) is 0 Å². The molecule has 0 bridgehead atoms. The maximum absolute atomic E-state index is 5.06. The van der Waals surface area contributed by atoms with Gasteiger partial charge < -0.3 is 15.5 Å². The van der Waals surface area contributed by atoms with Crippen molar-refractivity contribution in [1.29, 1.82) is 0 Å². The molecule has 0 aromatic heterocycles. The van der Waals surface area contributed by atoms with E-state index < -0.39 is 0 Å². The van der Waals surface area contributed by atoms with E-state index in [9.17, 15) is 0 Å². The zero-order chi connectivity index (χ0) is 10.1. The molecule has 78 valence electrons. The second kappa shape index (κ2) is 8.26. The first kappa shape index (κ1) is 12.7. The Balaban J connectivity index is 3.17. The molecule has 0 spiro atoms. The van der Waals surface area contributed by atoms with E-state index in [4.69, 9.17) is 12.2 Å². The van der Waals surface area contributed by atoms with Crippen molar-refractivity contribution >= 4 is 17.3 Å². The van der Waals surface area contributed by atoms with Gasteiger partial charge in [-0.3, -0.25) is 0 Å². The summed E-state index contributed by atoms with van der Waals surface area (Å²) in [5.41, 5.74) is 0. The molecule has 13 heavy (non-hydrogen) atoms. The second-order valence-electron chi connectivity index (χ2n) is 3.34. The molecule has 2 N–H and O–H groups in total. The van der Waals surface area contributed by atoms with E-state index in [1.807, 2.05) is 0 Å².